The molecule has 0 bridgehead atoms. The average Bonchev–Trinajstić information content (AvgIpc) is 3.19. The van der Waals surface area contributed by atoms with Gasteiger partial charge in [0.05, 0.1) is 17.4 Å². The largest absolute Gasteiger partial charge is 0.365 e. The Morgan fingerprint density at radius 1 is 1.16 bits per heavy atom. The molecular formula is C22H19F2N7O. The number of hydrogen-bond acceptors (Lipinski definition) is 6. The summed E-state index contributed by atoms with van der Waals surface area (Å²) >= 11 is 0. The maximum absolute atomic E-state index is 15.3. The van der Waals surface area contributed by atoms with Crippen LogP contribution in [0.25, 0.3) is 16.6 Å². The molecule has 0 amide bonds. The zero-order valence-electron chi connectivity index (χ0n) is 17.3. The lowest BCUT2D eigenvalue weighted by Gasteiger charge is -2.36. The summed E-state index contributed by atoms with van der Waals surface area (Å²) in [6.07, 6.45) is 1.58. The number of nitrogens with zero attached hydrogens (tertiary/aromatic N) is 6. The first kappa shape index (κ1) is 20.1. The van der Waals surface area contributed by atoms with Crippen LogP contribution in [0.4, 0.5) is 14.5 Å². The van der Waals surface area contributed by atoms with Crippen LogP contribution in [0, 0.1) is 30.0 Å². The molecule has 0 saturated carbocycles. The van der Waals surface area contributed by atoms with E-state index in [0.29, 0.717) is 55.0 Å². The summed E-state index contributed by atoms with van der Waals surface area (Å²) in [5.41, 5.74) is 2.25. The quantitative estimate of drug-likeness (QED) is 0.497. The molecule has 1 N–H and O–H groups in total. The molecule has 8 nitrogen and oxygen atoms in total. The summed E-state index contributed by atoms with van der Waals surface area (Å²) < 4.78 is 30.9. The molecular weight excluding hydrogens is 416 g/mol. The van der Waals surface area contributed by atoms with Gasteiger partial charge in [0.15, 0.2) is 5.82 Å². The molecule has 5 rings (SSSR count). The summed E-state index contributed by atoms with van der Waals surface area (Å²) in [7, 11) is 0. The number of hydrogen-bond donors (Lipinski definition) is 1. The molecule has 162 valence electrons. The van der Waals surface area contributed by atoms with E-state index in [4.69, 9.17) is 5.26 Å². The summed E-state index contributed by atoms with van der Waals surface area (Å²) in [6.45, 7) is 4.44. The monoisotopic (exact) mass is 435 g/mol. The Morgan fingerprint density at radius 3 is 2.66 bits per heavy atom. The van der Waals surface area contributed by atoms with Gasteiger partial charge >= 0.3 is 0 Å². The molecule has 0 atom stereocenters. The van der Waals surface area contributed by atoms with Gasteiger partial charge in [-0.3, -0.25) is 9.69 Å². The van der Waals surface area contributed by atoms with Gasteiger partial charge in [-0.05, 0) is 25.1 Å². The summed E-state index contributed by atoms with van der Waals surface area (Å²) in [6, 6.07) is 8.35. The van der Waals surface area contributed by atoms with E-state index in [1.54, 1.807) is 31.3 Å². The van der Waals surface area contributed by atoms with Gasteiger partial charge < -0.3 is 9.88 Å². The molecule has 1 aliphatic heterocycles. The predicted molar refractivity (Wildman–Crippen MR) is 114 cm³/mol. The van der Waals surface area contributed by atoms with Crippen LogP contribution < -0.4 is 10.5 Å². The molecule has 10 heteroatoms. The van der Waals surface area contributed by atoms with Crippen LogP contribution >= 0.6 is 0 Å². The second kappa shape index (κ2) is 7.69. The van der Waals surface area contributed by atoms with Crippen molar-refractivity contribution in [3.63, 3.8) is 0 Å². The Balaban J connectivity index is 1.36. The molecule has 0 spiro atoms. The highest BCUT2D eigenvalue weighted by Crippen LogP contribution is 2.23. The Bertz CT molecular complexity index is 1440. The van der Waals surface area contributed by atoms with Crippen LogP contribution in [-0.4, -0.2) is 50.7 Å². The second-order valence-electron chi connectivity index (χ2n) is 7.86. The molecule has 4 aromatic rings. The van der Waals surface area contributed by atoms with Crippen LogP contribution in [0.15, 0.2) is 35.3 Å². The van der Waals surface area contributed by atoms with Gasteiger partial charge in [0.2, 0.25) is 5.95 Å². The van der Waals surface area contributed by atoms with Gasteiger partial charge in [-0.1, -0.05) is 6.07 Å². The third kappa shape index (κ3) is 3.27. The Hall–Kier alpha value is -3.84. The number of benzene rings is 1. The van der Waals surface area contributed by atoms with Gasteiger partial charge in [0.1, 0.15) is 22.8 Å². The van der Waals surface area contributed by atoms with Gasteiger partial charge in [0.25, 0.3) is 5.56 Å². The Morgan fingerprint density at radius 2 is 1.94 bits per heavy atom. The molecule has 1 aliphatic rings. The minimum absolute atomic E-state index is 0.0391. The fourth-order valence-corrected chi connectivity index (χ4v) is 4.20. The zero-order chi connectivity index (χ0) is 22.4. The normalized spacial score (nSPS) is 14.9. The fourth-order valence-electron chi connectivity index (χ4n) is 4.20. The van der Waals surface area contributed by atoms with Crippen LogP contribution in [0.3, 0.4) is 0 Å². The lowest BCUT2D eigenvalue weighted by molar-refractivity contribution is 0.246. The number of aromatic amines is 1. The molecule has 32 heavy (non-hydrogen) atoms. The maximum atomic E-state index is 15.3. The zero-order valence-corrected chi connectivity index (χ0v) is 17.3. The van der Waals surface area contributed by atoms with Crippen molar-refractivity contribution in [2.24, 2.45) is 0 Å². The smallest absolute Gasteiger partial charge is 0.274 e. The molecule has 1 fully saturated rings. The van der Waals surface area contributed by atoms with Crippen molar-refractivity contribution in [1.82, 2.24) is 24.5 Å². The highest BCUT2D eigenvalue weighted by molar-refractivity contribution is 5.79. The number of fused-ring (bicyclic) bond motifs is 3. The van der Waals surface area contributed by atoms with Crippen molar-refractivity contribution in [3.8, 4) is 6.07 Å². The van der Waals surface area contributed by atoms with Crippen molar-refractivity contribution in [2.45, 2.75) is 13.5 Å². The maximum Gasteiger partial charge on any atom is 0.274 e. The van der Waals surface area contributed by atoms with Crippen LogP contribution in [0.1, 0.15) is 16.8 Å². The van der Waals surface area contributed by atoms with Crippen molar-refractivity contribution in [2.75, 3.05) is 31.1 Å². The first-order chi connectivity index (χ1) is 15.5. The number of halogens is 2. The van der Waals surface area contributed by atoms with Gasteiger partial charge in [-0.25, -0.2) is 13.9 Å². The van der Waals surface area contributed by atoms with E-state index in [-0.39, 0.29) is 16.8 Å². The molecule has 0 aliphatic carbocycles. The molecule has 1 saturated heterocycles. The van der Waals surface area contributed by atoms with E-state index in [1.165, 1.54) is 10.6 Å². The predicted octanol–water partition coefficient (Wildman–Crippen LogP) is 2.35. The summed E-state index contributed by atoms with van der Waals surface area (Å²) in [5, 5.41) is 13.0. The van der Waals surface area contributed by atoms with Crippen LogP contribution in [0.5, 0.6) is 0 Å². The first-order valence-electron chi connectivity index (χ1n) is 10.2. The number of pyridine rings is 1. The van der Waals surface area contributed by atoms with E-state index in [0.717, 1.165) is 5.56 Å². The number of aromatic nitrogens is 4. The Kier molecular flexibility index (Phi) is 4.83. The van der Waals surface area contributed by atoms with Gasteiger partial charge in [-0.15, -0.1) is 0 Å². The van der Waals surface area contributed by atoms with E-state index in [1.807, 2.05) is 11.0 Å². The number of aryl methyl sites for hydroxylation is 1. The SMILES string of the molecule is Cc1cnn2c1c(=O)[nH]c1c(F)c(CN3CCN(c4ccc(C#N)nc4F)CC3)ccc12. The van der Waals surface area contributed by atoms with Crippen molar-refractivity contribution in [1.29, 1.82) is 5.26 Å². The number of H-pyrrole nitrogens is 1. The van der Waals surface area contributed by atoms with Crippen LogP contribution in [0.2, 0.25) is 0 Å². The van der Waals surface area contributed by atoms with Crippen LogP contribution in [-0.2, 0) is 6.54 Å². The summed E-state index contributed by atoms with van der Waals surface area (Å²) in [4.78, 5) is 22.7. The third-order valence-electron chi connectivity index (χ3n) is 5.88. The average molecular weight is 435 g/mol. The Labute approximate surface area is 181 Å². The second-order valence-corrected chi connectivity index (χ2v) is 7.86. The number of anilines is 1. The first-order valence-corrected chi connectivity index (χ1v) is 10.2. The molecule has 0 unspecified atom stereocenters. The number of rotatable bonds is 3. The topological polar surface area (TPSA) is 93.3 Å². The van der Waals surface area contributed by atoms with E-state index in [2.05, 4.69) is 20.0 Å². The molecule has 0 radical (unpaired) electrons. The van der Waals surface area contributed by atoms with Crippen molar-refractivity contribution in [3.05, 3.63) is 69.4 Å². The standard InChI is InChI=1S/C22H19F2N7O/c1-13-11-26-31-16-4-2-14(18(23)19(16)28-22(32)20(13)31)12-29-6-8-30(9-7-29)17-5-3-15(10-25)27-21(17)24/h2-5,11H,6-9,12H2,1H3,(H,28,32). The highest BCUT2D eigenvalue weighted by atomic mass is 19.1. The number of piperazine rings is 1. The summed E-state index contributed by atoms with van der Waals surface area (Å²) in [5.74, 6) is -1.14. The van der Waals surface area contributed by atoms with E-state index >= 15 is 4.39 Å². The molecule has 3 aromatic heterocycles. The van der Waals surface area contributed by atoms with Crippen molar-refractivity contribution >= 4 is 22.2 Å². The highest BCUT2D eigenvalue weighted by Gasteiger charge is 2.22. The molecule has 4 heterocycles. The molecule has 1 aromatic carbocycles. The van der Waals surface area contributed by atoms with Crippen molar-refractivity contribution < 1.29 is 8.78 Å². The lowest BCUT2D eigenvalue weighted by atomic mass is 10.1. The van der Waals surface area contributed by atoms with E-state index < -0.39 is 11.8 Å². The number of nitriles is 1. The fraction of sp³-hybridized carbons (Fsp3) is 0.273. The third-order valence-corrected chi connectivity index (χ3v) is 5.88. The van der Waals surface area contributed by atoms with Gasteiger partial charge in [-0.2, -0.15) is 14.8 Å². The number of nitrogens with one attached hydrogen (secondary N) is 1. The minimum Gasteiger partial charge on any atom is -0.365 e. The lowest BCUT2D eigenvalue weighted by Crippen LogP contribution is -2.46. The minimum atomic E-state index is -0.665. The van der Waals surface area contributed by atoms with Gasteiger partial charge in [0, 0.05) is 43.9 Å². The van der Waals surface area contributed by atoms with E-state index in [9.17, 15) is 9.18 Å².